The van der Waals surface area contributed by atoms with Gasteiger partial charge in [0.05, 0.1) is 25.2 Å². The zero-order valence-corrected chi connectivity index (χ0v) is 12.3. The Hall–Kier alpha value is -2.79. The largest absolute Gasteiger partial charge is 0.375 e. The molecule has 2 aromatic rings. The number of aryl methyl sites for hydroxylation is 1. The molecule has 1 aromatic heterocycles. The highest BCUT2D eigenvalue weighted by molar-refractivity contribution is 7.80. The van der Waals surface area contributed by atoms with Crippen molar-refractivity contribution in [3.05, 3.63) is 41.8 Å². The van der Waals surface area contributed by atoms with Gasteiger partial charge in [0.25, 0.3) is 0 Å². The van der Waals surface area contributed by atoms with E-state index in [-0.39, 0.29) is 10.9 Å². The van der Waals surface area contributed by atoms with Crippen molar-refractivity contribution in [1.82, 2.24) is 15.2 Å². The molecule has 0 amide bonds. The lowest BCUT2D eigenvalue weighted by Crippen LogP contribution is -2.24. The summed E-state index contributed by atoms with van der Waals surface area (Å²) in [6, 6.07) is 8.04. The van der Waals surface area contributed by atoms with Crippen LogP contribution in [0.15, 0.2) is 35.6 Å². The summed E-state index contributed by atoms with van der Waals surface area (Å²) in [4.78, 5) is 0. The van der Waals surface area contributed by atoms with Crippen LogP contribution in [-0.2, 0) is 6.54 Å². The Kier molecular flexibility index (Phi) is 5.16. The molecule has 0 unspecified atom stereocenters. The highest BCUT2D eigenvalue weighted by Gasteiger charge is 2.10. The summed E-state index contributed by atoms with van der Waals surface area (Å²) in [6.45, 7) is 0.460. The van der Waals surface area contributed by atoms with E-state index in [1.54, 1.807) is 23.0 Å². The highest BCUT2D eigenvalue weighted by Crippen LogP contribution is 2.21. The first kappa shape index (κ1) is 15.6. The summed E-state index contributed by atoms with van der Waals surface area (Å²) < 4.78 is 14.7. The fourth-order valence-electron chi connectivity index (χ4n) is 1.81. The average Bonchev–Trinajstić information content (AvgIpc) is 2.89. The predicted octanol–water partition coefficient (Wildman–Crippen LogP) is 1.77. The van der Waals surface area contributed by atoms with Gasteiger partial charge in [-0.15, -0.1) is 0 Å². The molecule has 0 atom stereocenters. The minimum absolute atomic E-state index is 0.0523. The summed E-state index contributed by atoms with van der Waals surface area (Å²) in [5, 5.41) is 17.0. The van der Waals surface area contributed by atoms with Crippen LogP contribution in [0, 0.1) is 17.1 Å². The molecule has 0 bridgehead atoms. The topological polar surface area (TPSA) is 92.0 Å². The number of nitrogens with two attached hydrogens (primary N) is 1. The molecule has 6 nitrogen and oxygen atoms in total. The van der Waals surface area contributed by atoms with Crippen LogP contribution < -0.4 is 11.2 Å². The van der Waals surface area contributed by atoms with Crippen molar-refractivity contribution in [1.29, 1.82) is 5.26 Å². The van der Waals surface area contributed by atoms with E-state index in [1.807, 2.05) is 0 Å². The summed E-state index contributed by atoms with van der Waals surface area (Å²) >= 11 is 4.67. The van der Waals surface area contributed by atoms with Crippen LogP contribution in [0.1, 0.15) is 12.0 Å². The van der Waals surface area contributed by atoms with Crippen molar-refractivity contribution < 1.29 is 4.39 Å². The third-order valence-electron chi connectivity index (χ3n) is 2.74. The number of aromatic nitrogens is 2. The maximum absolute atomic E-state index is 13.0. The summed E-state index contributed by atoms with van der Waals surface area (Å²) in [7, 11) is 0. The Morgan fingerprint density at radius 3 is 2.86 bits per heavy atom. The number of nitriles is 1. The van der Waals surface area contributed by atoms with Crippen LogP contribution in [0.2, 0.25) is 0 Å². The molecule has 2 rings (SSSR count). The lowest BCUT2D eigenvalue weighted by Gasteiger charge is -1.99. The van der Waals surface area contributed by atoms with Gasteiger partial charge in [-0.3, -0.25) is 10.1 Å². The number of benzene rings is 1. The lowest BCUT2D eigenvalue weighted by molar-refractivity contribution is 0.626. The molecule has 0 spiro atoms. The van der Waals surface area contributed by atoms with Crippen LogP contribution in [0.4, 0.5) is 4.39 Å². The standard InChI is InChI=1S/C14H13FN6S/c15-12-4-2-10(3-5-12)13-11(8-18-19-14(17)22)9-21(20-13)7-1-6-16/h2-5,8-9H,1,7H2,(H3,17,19,22)/b18-8+. The second-order valence-electron chi connectivity index (χ2n) is 4.35. The van der Waals surface area contributed by atoms with Crippen molar-refractivity contribution in [3.63, 3.8) is 0 Å². The lowest BCUT2D eigenvalue weighted by atomic mass is 10.1. The zero-order valence-electron chi connectivity index (χ0n) is 11.5. The highest BCUT2D eigenvalue weighted by atomic mass is 32.1. The SMILES string of the molecule is N#CCCn1cc(/C=N/NC(N)=S)c(-c2ccc(F)cc2)n1. The molecule has 0 aliphatic carbocycles. The Balaban J connectivity index is 2.34. The maximum atomic E-state index is 13.0. The monoisotopic (exact) mass is 316 g/mol. The number of rotatable bonds is 5. The van der Waals surface area contributed by atoms with E-state index in [2.05, 4.69) is 33.9 Å². The minimum atomic E-state index is -0.321. The fourth-order valence-corrected chi connectivity index (χ4v) is 1.86. The van der Waals surface area contributed by atoms with Gasteiger partial charge in [0, 0.05) is 17.3 Å². The van der Waals surface area contributed by atoms with Gasteiger partial charge in [0.2, 0.25) is 0 Å². The second kappa shape index (κ2) is 7.28. The third-order valence-corrected chi connectivity index (χ3v) is 2.83. The molecular weight excluding hydrogens is 303 g/mol. The summed E-state index contributed by atoms with van der Waals surface area (Å²) in [5.74, 6) is -0.321. The van der Waals surface area contributed by atoms with Crippen LogP contribution in [0.5, 0.6) is 0 Å². The summed E-state index contributed by atoms with van der Waals surface area (Å²) in [6.07, 6.45) is 3.61. The van der Waals surface area contributed by atoms with Crippen molar-refractivity contribution in [2.75, 3.05) is 0 Å². The predicted molar refractivity (Wildman–Crippen MR) is 85.4 cm³/mol. The molecule has 0 fully saturated rings. The molecule has 8 heteroatoms. The van der Waals surface area contributed by atoms with Crippen LogP contribution in [0.3, 0.4) is 0 Å². The first-order valence-electron chi connectivity index (χ1n) is 6.39. The molecule has 22 heavy (non-hydrogen) atoms. The minimum Gasteiger partial charge on any atom is -0.375 e. The van der Waals surface area contributed by atoms with Gasteiger partial charge in [0.1, 0.15) is 11.5 Å². The Morgan fingerprint density at radius 2 is 2.23 bits per heavy atom. The van der Waals surface area contributed by atoms with E-state index >= 15 is 0 Å². The van der Waals surface area contributed by atoms with Crippen molar-refractivity contribution in [2.45, 2.75) is 13.0 Å². The van der Waals surface area contributed by atoms with Crippen molar-refractivity contribution >= 4 is 23.5 Å². The Morgan fingerprint density at radius 1 is 1.50 bits per heavy atom. The van der Waals surface area contributed by atoms with Crippen molar-refractivity contribution in [2.24, 2.45) is 10.8 Å². The third kappa shape index (κ3) is 4.10. The fraction of sp³-hybridized carbons (Fsp3) is 0.143. The number of thiocarbonyl (C=S) groups is 1. The molecule has 3 N–H and O–H groups in total. The van der Waals surface area contributed by atoms with Gasteiger partial charge in [-0.25, -0.2) is 4.39 Å². The van der Waals surface area contributed by atoms with Gasteiger partial charge >= 0.3 is 0 Å². The van der Waals surface area contributed by atoms with E-state index in [9.17, 15) is 4.39 Å². The van der Waals surface area contributed by atoms with E-state index in [4.69, 9.17) is 11.0 Å². The Labute approximate surface area is 132 Å². The molecular formula is C14H13FN6S. The van der Waals surface area contributed by atoms with Gasteiger partial charge in [-0.1, -0.05) is 0 Å². The number of hydrogen-bond donors (Lipinski definition) is 2. The summed E-state index contributed by atoms with van der Waals surface area (Å²) in [5.41, 5.74) is 9.84. The van der Waals surface area contributed by atoms with Gasteiger partial charge in [0.15, 0.2) is 5.11 Å². The number of hydrogen-bond acceptors (Lipinski definition) is 4. The van der Waals surface area contributed by atoms with E-state index in [0.29, 0.717) is 24.2 Å². The van der Waals surface area contributed by atoms with E-state index in [1.165, 1.54) is 18.3 Å². The maximum Gasteiger partial charge on any atom is 0.184 e. The quantitative estimate of drug-likeness (QED) is 0.498. The molecule has 0 saturated carbocycles. The molecule has 112 valence electrons. The van der Waals surface area contributed by atoms with Crippen molar-refractivity contribution in [3.8, 4) is 17.3 Å². The molecule has 1 heterocycles. The van der Waals surface area contributed by atoms with Gasteiger partial charge in [-0.05, 0) is 36.5 Å². The number of halogens is 1. The molecule has 0 aliphatic heterocycles. The van der Waals surface area contributed by atoms with Crippen LogP contribution in [0.25, 0.3) is 11.3 Å². The molecule has 0 aliphatic rings. The molecule has 0 saturated heterocycles. The van der Waals surface area contributed by atoms with Gasteiger partial charge in [-0.2, -0.15) is 15.5 Å². The van der Waals surface area contributed by atoms with Crippen LogP contribution in [-0.4, -0.2) is 21.1 Å². The van der Waals surface area contributed by atoms with E-state index < -0.39 is 0 Å². The Bertz CT molecular complexity index is 729. The molecule has 0 radical (unpaired) electrons. The second-order valence-corrected chi connectivity index (χ2v) is 4.79. The normalized spacial score (nSPS) is 10.5. The zero-order chi connectivity index (χ0) is 15.9. The molecule has 1 aromatic carbocycles. The number of nitrogens with one attached hydrogen (secondary N) is 1. The van der Waals surface area contributed by atoms with Gasteiger partial charge < -0.3 is 5.73 Å². The average molecular weight is 316 g/mol. The smallest absolute Gasteiger partial charge is 0.184 e. The van der Waals surface area contributed by atoms with E-state index in [0.717, 1.165) is 5.56 Å². The van der Waals surface area contributed by atoms with Crippen LogP contribution >= 0.6 is 12.2 Å². The number of nitrogens with zero attached hydrogens (tertiary/aromatic N) is 4. The first-order chi connectivity index (χ1) is 10.6. The number of hydrazone groups is 1. The first-order valence-corrected chi connectivity index (χ1v) is 6.80.